The number of carbonyl (C=O) groups is 2. The minimum atomic E-state index is -1.44. The fraction of sp³-hybridized carbons (Fsp3) is 0.421. The topological polar surface area (TPSA) is 93.5 Å². The van der Waals surface area contributed by atoms with E-state index in [2.05, 4.69) is 10.4 Å². The van der Waals surface area contributed by atoms with Gasteiger partial charge in [-0.05, 0) is 51.7 Å². The fourth-order valence-electron chi connectivity index (χ4n) is 3.08. The van der Waals surface area contributed by atoms with Crippen LogP contribution in [-0.4, -0.2) is 39.0 Å². The van der Waals surface area contributed by atoms with Crippen LogP contribution in [0.1, 0.15) is 36.9 Å². The van der Waals surface area contributed by atoms with E-state index < -0.39 is 24.1 Å². The average molecular weight is 357 g/mol. The third-order valence-electron chi connectivity index (χ3n) is 4.52. The maximum atomic E-state index is 12.2. The van der Waals surface area contributed by atoms with Crippen LogP contribution in [0.25, 0.3) is 5.69 Å². The van der Waals surface area contributed by atoms with Crippen molar-refractivity contribution in [3.63, 3.8) is 0 Å². The van der Waals surface area contributed by atoms with Gasteiger partial charge in [-0.25, -0.2) is 9.48 Å². The predicted octanol–water partition coefficient (Wildman–Crippen LogP) is 2.28. The highest BCUT2D eigenvalue weighted by Crippen LogP contribution is 2.30. The average Bonchev–Trinajstić information content (AvgIpc) is 3.20. The highest BCUT2D eigenvalue weighted by atomic mass is 16.6. The molecule has 1 amide bonds. The molecule has 2 aromatic rings. The SMILES string of the molecule is Cc1ccc(-n2nc(C)cc2NC(=O)COC(=O)C2(O)CCCC2)cc1. The summed E-state index contributed by atoms with van der Waals surface area (Å²) in [5, 5.41) is 17.3. The fourth-order valence-corrected chi connectivity index (χ4v) is 3.08. The normalized spacial score (nSPS) is 15.7. The Bertz CT molecular complexity index is 805. The second-order valence-electron chi connectivity index (χ2n) is 6.78. The van der Waals surface area contributed by atoms with E-state index in [1.807, 2.05) is 38.1 Å². The maximum absolute atomic E-state index is 12.2. The lowest BCUT2D eigenvalue weighted by Gasteiger charge is -2.19. The molecule has 1 fully saturated rings. The minimum absolute atomic E-state index is 0.382. The number of benzene rings is 1. The van der Waals surface area contributed by atoms with Gasteiger partial charge in [-0.1, -0.05) is 17.7 Å². The molecule has 7 heteroatoms. The van der Waals surface area contributed by atoms with Crippen molar-refractivity contribution in [2.24, 2.45) is 0 Å². The van der Waals surface area contributed by atoms with Crippen LogP contribution in [0.15, 0.2) is 30.3 Å². The van der Waals surface area contributed by atoms with Gasteiger partial charge in [0.05, 0.1) is 11.4 Å². The molecule has 2 N–H and O–H groups in total. The molecular formula is C19H23N3O4. The summed E-state index contributed by atoms with van der Waals surface area (Å²) in [6.45, 7) is 3.38. The van der Waals surface area contributed by atoms with E-state index in [0.717, 1.165) is 29.8 Å². The Morgan fingerprint density at radius 3 is 2.54 bits per heavy atom. The van der Waals surface area contributed by atoms with Gasteiger partial charge in [-0.3, -0.25) is 4.79 Å². The van der Waals surface area contributed by atoms with Gasteiger partial charge in [-0.15, -0.1) is 0 Å². The van der Waals surface area contributed by atoms with Crippen LogP contribution in [-0.2, 0) is 14.3 Å². The van der Waals surface area contributed by atoms with Gasteiger partial charge in [0.15, 0.2) is 12.2 Å². The summed E-state index contributed by atoms with van der Waals surface area (Å²) in [6.07, 6.45) is 2.33. The van der Waals surface area contributed by atoms with E-state index in [9.17, 15) is 14.7 Å². The van der Waals surface area contributed by atoms with Crippen LogP contribution in [0.5, 0.6) is 0 Å². The third kappa shape index (κ3) is 3.94. The molecule has 26 heavy (non-hydrogen) atoms. The summed E-state index contributed by atoms with van der Waals surface area (Å²) < 4.78 is 6.62. The Kier molecular flexibility index (Phi) is 5.08. The minimum Gasteiger partial charge on any atom is -0.453 e. The highest BCUT2D eigenvalue weighted by molar-refractivity contribution is 5.93. The number of anilines is 1. The molecule has 1 heterocycles. The lowest BCUT2D eigenvalue weighted by Crippen LogP contribution is -2.38. The zero-order chi connectivity index (χ0) is 18.7. The molecule has 0 saturated heterocycles. The van der Waals surface area contributed by atoms with Crippen molar-refractivity contribution in [2.45, 2.75) is 45.1 Å². The molecule has 0 unspecified atom stereocenters. The number of carbonyl (C=O) groups excluding carboxylic acids is 2. The second-order valence-corrected chi connectivity index (χ2v) is 6.78. The van der Waals surface area contributed by atoms with E-state index in [1.165, 1.54) is 0 Å². The zero-order valence-electron chi connectivity index (χ0n) is 15.0. The summed E-state index contributed by atoms with van der Waals surface area (Å²) in [7, 11) is 0. The molecule has 1 aromatic carbocycles. The smallest absolute Gasteiger partial charge is 0.338 e. The molecule has 0 aliphatic heterocycles. The van der Waals surface area contributed by atoms with Crippen LogP contribution in [0, 0.1) is 13.8 Å². The second kappa shape index (κ2) is 7.29. The van der Waals surface area contributed by atoms with Gasteiger partial charge in [0, 0.05) is 6.07 Å². The summed E-state index contributed by atoms with van der Waals surface area (Å²) >= 11 is 0. The quantitative estimate of drug-likeness (QED) is 0.801. The number of nitrogens with zero attached hydrogens (tertiary/aromatic N) is 2. The van der Waals surface area contributed by atoms with E-state index in [1.54, 1.807) is 10.7 Å². The van der Waals surface area contributed by atoms with Gasteiger partial charge in [-0.2, -0.15) is 5.10 Å². The zero-order valence-corrected chi connectivity index (χ0v) is 15.0. The van der Waals surface area contributed by atoms with Gasteiger partial charge in [0.25, 0.3) is 5.91 Å². The Balaban J connectivity index is 1.64. The number of amides is 1. The number of ether oxygens (including phenoxy) is 1. The molecule has 0 spiro atoms. The number of hydrogen-bond donors (Lipinski definition) is 2. The largest absolute Gasteiger partial charge is 0.453 e. The van der Waals surface area contributed by atoms with E-state index >= 15 is 0 Å². The number of aromatic nitrogens is 2. The first-order valence-electron chi connectivity index (χ1n) is 8.70. The molecule has 1 aliphatic rings. The van der Waals surface area contributed by atoms with Crippen molar-refractivity contribution < 1.29 is 19.4 Å². The monoisotopic (exact) mass is 357 g/mol. The van der Waals surface area contributed by atoms with E-state index in [0.29, 0.717) is 18.7 Å². The Hall–Kier alpha value is -2.67. The maximum Gasteiger partial charge on any atom is 0.338 e. The summed E-state index contributed by atoms with van der Waals surface area (Å²) in [5.41, 5.74) is 1.25. The van der Waals surface area contributed by atoms with Gasteiger partial charge in [0.1, 0.15) is 5.82 Å². The van der Waals surface area contributed by atoms with Crippen molar-refractivity contribution in [1.29, 1.82) is 0 Å². The van der Waals surface area contributed by atoms with Crippen molar-refractivity contribution >= 4 is 17.7 Å². The lowest BCUT2D eigenvalue weighted by molar-refractivity contribution is -0.166. The molecular weight excluding hydrogens is 334 g/mol. The Morgan fingerprint density at radius 2 is 1.88 bits per heavy atom. The highest BCUT2D eigenvalue weighted by Gasteiger charge is 2.40. The summed E-state index contributed by atoms with van der Waals surface area (Å²) in [4.78, 5) is 24.2. The molecule has 1 saturated carbocycles. The van der Waals surface area contributed by atoms with Crippen LogP contribution in [0.3, 0.4) is 0 Å². The molecule has 1 aromatic heterocycles. The van der Waals surface area contributed by atoms with Crippen LogP contribution in [0.2, 0.25) is 0 Å². The van der Waals surface area contributed by atoms with Crippen LogP contribution >= 0.6 is 0 Å². The van der Waals surface area contributed by atoms with Crippen molar-refractivity contribution in [1.82, 2.24) is 9.78 Å². The molecule has 7 nitrogen and oxygen atoms in total. The van der Waals surface area contributed by atoms with Gasteiger partial charge >= 0.3 is 5.97 Å². The van der Waals surface area contributed by atoms with E-state index in [4.69, 9.17) is 4.74 Å². The number of aliphatic hydroxyl groups is 1. The van der Waals surface area contributed by atoms with E-state index in [-0.39, 0.29) is 0 Å². The van der Waals surface area contributed by atoms with Crippen molar-refractivity contribution in [3.8, 4) is 5.69 Å². The molecule has 3 rings (SSSR count). The van der Waals surface area contributed by atoms with Crippen molar-refractivity contribution in [3.05, 3.63) is 41.6 Å². The number of rotatable bonds is 5. The Morgan fingerprint density at radius 1 is 1.23 bits per heavy atom. The molecule has 0 radical (unpaired) electrons. The number of hydrogen-bond acceptors (Lipinski definition) is 5. The summed E-state index contributed by atoms with van der Waals surface area (Å²) in [5.74, 6) is -0.714. The van der Waals surface area contributed by atoms with Gasteiger partial charge in [0.2, 0.25) is 0 Å². The lowest BCUT2D eigenvalue weighted by atomic mass is 10.0. The molecule has 138 valence electrons. The first-order chi connectivity index (χ1) is 12.4. The number of aryl methyl sites for hydroxylation is 2. The molecule has 0 atom stereocenters. The summed E-state index contributed by atoms with van der Waals surface area (Å²) in [6, 6.07) is 9.48. The van der Waals surface area contributed by atoms with Crippen molar-refractivity contribution in [2.75, 3.05) is 11.9 Å². The standard InChI is InChI=1S/C19H23N3O4/c1-13-5-7-15(8-6-13)22-16(11-14(2)21-22)20-17(23)12-26-18(24)19(25)9-3-4-10-19/h5-8,11,25H,3-4,9-10,12H2,1-2H3,(H,20,23). The number of nitrogens with one attached hydrogen (secondary N) is 1. The predicted molar refractivity (Wildman–Crippen MR) is 96.0 cm³/mol. The first-order valence-corrected chi connectivity index (χ1v) is 8.70. The van der Waals surface area contributed by atoms with Crippen LogP contribution < -0.4 is 5.32 Å². The number of esters is 1. The third-order valence-corrected chi connectivity index (χ3v) is 4.52. The van der Waals surface area contributed by atoms with Crippen LogP contribution in [0.4, 0.5) is 5.82 Å². The Labute approximate surface area is 152 Å². The van der Waals surface area contributed by atoms with Gasteiger partial charge < -0.3 is 15.2 Å². The molecule has 1 aliphatic carbocycles. The molecule has 0 bridgehead atoms. The first kappa shape index (κ1) is 18.1.